The van der Waals surface area contributed by atoms with Gasteiger partial charge in [-0.05, 0) is 75.6 Å². The largest absolute Gasteiger partial charge is 0.491 e. The molecular weight excluding hydrogens is 485 g/mol. The van der Waals surface area contributed by atoms with Crippen molar-refractivity contribution in [1.29, 1.82) is 0 Å². The van der Waals surface area contributed by atoms with Crippen LogP contribution in [0.4, 0.5) is 18.9 Å². The first-order valence-electron chi connectivity index (χ1n) is 12.7. The highest BCUT2D eigenvalue weighted by Crippen LogP contribution is 2.37. The monoisotopic (exact) mass is 520 g/mol. The van der Waals surface area contributed by atoms with Gasteiger partial charge in [0.1, 0.15) is 5.75 Å². The molecule has 0 aliphatic carbocycles. The molecule has 0 radical (unpaired) electrons. The highest BCUT2D eigenvalue weighted by Gasteiger charge is 2.44. The molecule has 2 aromatic carbocycles. The summed E-state index contributed by atoms with van der Waals surface area (Å²) in [6, 6.07) is 10.9. The third-order valence-corrected chi connectivity index (χ3v) is 6.96. The van der Waals surface area contributed by atoms with Crippen molar-refractivity contribution in [3.05, 3.63) is 59.2 Å². The molecule has 202 valence electrons. The zero-order chi connectivity index (χ0) is 26.8. The fraction of sp³-hybridized carbons (Fsp3) is 0.536. The fourth-order valence-electron chi connectivity index (χ4n) is 5.18. The summed E-state index contributed by atoms with van der Waals surface area (Å²) in [5.41, 5.74) is 0.780. The number of amides is 1. The van der Waals surface area contributed by atoms with Gasteiger partial charge >= 0.3 is 6.18 Å². The third kappa shape index (κ3) is 6.38. The number of anilines is 1. The minimum absolute atomic E-state index is 0.0477. The van der Waals surface area contributed by atoms with Crippen LogP contribution in [0.15, 0.2) is 42.5 Å². The maximum atomic E-state index is 13.3. The van der Waals surface area contributed by atoms with E-state index in [9.17, 15) is 18.0 Å². The molecule has 4 rings (SSSR count). The van der Waals surface area contributed by atoms with Gasteiger partial charge in [0, 0.05) is 44.5 Å². The molecule has 0 bridgehead atoms. The van der Waals surface area contributed by atoms with E-state index in [1.54, 1.807) is 19.2 Å². The van der Waals surface area contributed by atoms with E-state index in [0.29, 0.717) is 56.9 Å². The molecule has 1 spiro atoms. The van der Waals surface area contributed by atoms with E-state index < -0.39 is 17.3 Å². The van der Waals surface area contributed by atoms with Gasteiger partial charge in [-0.15, -0.1) is 0 Å². The number of halogens is 3. The summed E-state index contributed by atoms with van der Waals surface area (Å²) >= 11 is 0. The Kier molecular flexibility index (Phi) is 8.04. The summed E-state index contributed by atoms with van der Waals surface area (Å²) in [5.74, 6) is 0.714. The molecule has 37 heavy (non-hydrogen) atoms. The van der Waals surface area contributed by atoms with E-state index in [2.05, 4.69) is 0 Å². The molecule has 9 heteroatoms. The summed E-state index contributed by atoms with van der Waals surface area (Å²) in [6.07, 6.45) is -3.47. The van der Waals surface area contributed by atoms with Crippen molar-refractivity contribution in [3.63, 3.8) is 0 Å². The van der Waals surface area contributed by atoms with Gasteiger partial charge in [-0.2, -0.15) is 13.2 Å². The molecule has 6 nitrogen and oxygen atoms in total. The van der Waals surface area contributed by atoms with E-state index in [0.717, 1.165) is 17.4 Å². The lowest BCUT2D eigenvalue weighted by Gasteiger charge is -2.50. The summed E-state index contributed by atoms with van der Waals surface area (Å²) < 4.78 is 57.6. The normalized spacial score (nSPS) is 19.9. The fourth-order valence-corrected chi connectivity index (χ4v) is 5.18. The van der Waals surface area contributed by atoms with E-state index in [1.807, 2.05) is 42.7 Å². The Bertz CT molecular complexity index is 1100. The molecule has 0 saturated carbocycles. The Morgan fingerprint density at radius 1 is 1.16 bits per heavy atom. The molecule has 2 heterocycles. The Hall–Kier alpha value is -2.78. The quantitative estimate of drug-likeness (QED) is 0.516. The second kappa shape index (κ2) is 10.9. The second-order valence-electron chi connectivity index (χ2n) is 10.2. The number of morpholine rings is 1. The average Bonchev–Trinajstić information content (AvgIpc) is 2.85. The minimum atomic E-state index is -4.41. The van der Waals surface area contributed by atoms with Crippen molar-refractivity contribution in [3.8, 4) is 5.75 Å². The third-order valence-electron chi connectivity index (χ3n) is 6.96. The first-order chi connectivity index (χ1) is 17.5. The van der Waals surface area contributed by atoms with Crippen LogP contribution in [0, 0.1) is 6.92 Å². The smallest absolute Gasteiger partial charge is 0.416 e. The molecule has 2 fully saturated rings. The van der Waals surface area contributed by atoms with Crippen molar-refractivity contribution < 1.29 is 32.2 Å². The number of carbonyl (C=O) groups excluding carboxylic acids is 1. The zero-order valence-corrected chi connectivity index (χ0v) is 21.8. The Balaban J connectivity index is 1.47. The van der Waals surface area contributed by atoms with Gasteiger partial charge in [0.15, 0.2) is 0 Å². The van der Waals surface area contributed by atoms with Crippen LogP contribution in [0.2, 0.25) is 0 Å². The standard InChI is InChI=1S/C28H35F3N2O4/c1-19(2)36-25-9-8-21(14-20(25)3)26(34)32-12-10-27(11-13-32)18-33(16-24(37-27)17-35-4)23-7-5-6-22(15-23)28(29,30)31/h5-9,14-15,19,24H,10-13,16-18H2,1-4H3. The average molecular weight is 521 g/mol. The van der Waals surface area contributed by atoms with Crippen LogP contribution in [0.3, 0.4) is 0 Å². The van der Waals surface area contributed by atoms with Gasteiger partial charge in [-0.1, -0.05) is 6.07 Å². The van der Waals surface area contributed by atoms with Crippen molar-refractivity contribution in [2.45, 2.75) is 57.6 Å². The number of carbonyl (C=O) groups is 1. The topological polar surface area (TPSA) is 51.2 Å². The highest BCUT2D eigenvalue weighted by molar-refractivity contribution is 5.94. The number of nitrogens with zero attached hydrogens (tertiary/aromatic N) is 2. The summed E-state index contributed by atoms with van der Waals surface area (Å²) in [4.78, 5) is 17.0. The van der Waals surface area contributed by atoms with E-state index in [1.165, 1.54) is 12.1 Å². The van der Waals surface area contributed by atoms with Crippen LogP contribution in [0.1, 0.15) is 48.2 Å². The molecule has 2 saturated heterocycles. The molecule has 2 aliphatic heterocycles. The maximum Gasteiger partial charge on any atom is 0.416 e. The van der Waals surface area contributed by atoms with Crippen molar-refractivity contribution >= 4 is 11.6 Å². The summed E-state index contributed by atoms with van der Waals surface area (Å²) in [5, 5.41) is 0. The van der Waals surface area contributed by atoms with E-state index >= 15 is 0 Å². The van der Waals surface area contributed by atoms with E-state index in [4.69, 9.17) is 14.2 Å². The van der Waals surface area contributed by atoms with Gasteiger partial charge in [-0.3, -0.25) is 4.79 Å². The van der Waals surface area contributed by atoms with Gasteiger partial charge in [0.25, 0.3) is 5.91 Å². The van der Waals surface area contributed by atoms with Crippen molar-refractivity contribution in [1.82, 2.24) is 4.90 Å². The molecule has 1 atom stereocenters. The molecule has 0 aromatic heterocycles. The lowest BCUT2D eigenvalue weighted by atomic mass is 9.88. The van der Waals surface area contributed by atoms with Gasteiger partial charge in [-0.25, -0.2) is 0 Å². The molecule has 0 N–H and O–H groups in total. The number of likely N-dealkylation sites (tertiary alicyclic amines) is 1. The van der Waals surface area contributed by atoms with Crippen LogP contribution in [0.25, 0.3) is 0 Å². The lowest BCUT2D eigenvalue weighted by Crippen LogP contribution is -2.61. The lowest BCUT2D eigenvalue weighted by molar-refractivity contribution is -0.145. The summed E-state index contributed by atoms with van der Waals surface area (Å²) in [6.45, 7) is 8.07. The van der Waals surface area contributed by atoms with E-state index in [-0.39, 0.29) is 18.1 Å². The second-order valence-corrected chi connectivity index (χ2v) is 10.2. The number of methoxy groups -OCH3 is 1. The SMILES string of the molecule is COCC1CN(c2cccc(C(F)(F)F)c2)CC2(CCN(C(=O)c3ccc(OC(C)C)c(C)c3)CC2)O1. The van der Waals surface area contributed by atoms with Gasteiger partial charge < -0.3 is 24.0 Å². The van der Waals surface area contributed by atoms with Gasteiger partial charge in [0.2, 0.25) is 0 Å². The van der Waals surface area contributed by atoms with Gasteiger partial charge in [0.05, 0.1) is 30.0 Å². The maximum absolute atomic E-state index is 13.3. The Morgan fingerprint density at radius 3 is 2.51 bits per heavy atom. The predicted octanol–water partition coefficient (Wildman–Crippen LogP) is 5.33. The number of alkyl halides is 3. The molecule has 2 aliphatic rings. The van der Waals surface area contributed by atoms with Crippen LogP contribution in [0.5, 0.6) is 5.75 Å². The first-order valence-corrected chi connectivity index (χ1v) is 12.7. The number of rotatable bonds is 6. The number of hydrogen-bond donors (Lipinski definition) is 0. The van der Waals surface area contributed by atoms with Crippen LogP contribution in [-0.4, -0.2) is 68.5 Å². The number of aryl methyl sites for hydroxylation is 1. The summed E-state index contributed by atoms with van der Waals surface area (Å²) in [7, 11) is 1.58. The van der Waals surface area contributed by atoms with Crippen LogP contribution >= 0.6 is 0 Å². The predicted molar refractivity (Wildman–Crippen MR) is 135 cm³/mol. The first kappa shape index (κ1) is 27.3. The zero-order valence-electron chi connectivity index (χ0n) is 21.8. The Morgan fingerprint density at radius 2 is 1.89 bits per heavy atom. The van der Waals surface area contributed by atoms with Crippen molar-refractivity contribution in [2.75, 3.05) is 44.8 Å². The molecular formula is C28H35F3N2O4. The minimum Gasteiger partial charge on any atom is -0.491 e. The Labute approximate surface area is 216 Å². The molecule has 1 amide bonds. The number of ether oxygens (including phenoxy) is 3. The van der Waals surface area contributed by atoms with Crippen LogP contribution < -0.4 is 9.64 Å². The molecule has 2 aromatic rings. The number of benzene rings is 2. The van der Waals surface area contributed by atoms with Crippen molar-refractivity contribution in [2.24, 2.45) is 0 Å². The number of hydrogen-bond acceptors (Lipinski definition) is 5. The highest BCUT2D eigenvalue weighted by atomic mass is 19.4. The van der Waals surface area contributed by atoms with Crippen LogP contribution in [-0.2, 0) is 15.7 Å². The number of piperidine rings is 1. The molecule has 1 unspecified atom stereocenters.